The molecule has 2 rings (SSSR count). The summed E-state index contributed by atoms with van der Waals surface area (Å²) in [6.45, 7) is 2.21. The van der Waals surface area contributed by atoms with Crippen LogP contribution in [0.3, 0.4) is 0 Å². The van der Waals surface area contributed by atoms with Crippen LogP contribution in [-0.4, -0.2) is 14.5 Å². The number of hydrogen-bond donors (Lipinski definition) is 1. The maximum Gasteiger partial charge on any atom is 0.186 e. The molecule has 0 bridgehead atoms. The number of rotatable bonds is 4. The Morgan fingerprint density at radius 2 is 2.11 bits per heavy atom. The van der Waals surface area contributed by atoms with Crippen LogP contribution < -0.4 is 5.32 Å². The molecular formula is C12H13Cl2FN4. The van der Waals surface area contributed by atoms with Crippen molar-refractivity contribution in [1.82, 2.24) is 14.5 Å². The summed E-state index contributed by atoms with van der Waals surface area (Å²) in [5, 5.41) is 3.85. The Bertz CT molecular complexity index is 598. The van der Waals surface area contributed by atoms with Crippen molar-refractivity contribution in [2.24, 2.45) is 7.05 Å². The van der Waals surface area contributed by atoms with Gasteiger partial charge < -0.3 is 9.88 Å². The molecule has 0 aliphatic heterocycles. The highest BCUT2D eigenvalue weighted by Crippen LogP contribution is 2.25. The predicted octanol–water partition coefficient (Wildman–Crippen LogP) is 3.44. The van der Waals surface area contributed by atoms with Crippen molar-refractivity contribution in [3.63, 3.8) is 0 Å². The number of nitrogens with one attached hydrogen (secondary N) is 1. The summed E-state index contributed by atoms with van der Waals surface area (Å²) >= 11 is 11.9. The molecule has 4 nitrogen and oxygen atoms in total. The van der Waals surface area contributed by atoms with Crippen LogP contribution in [0.4, 0.5) is 10.2 Å². The molecule has 0 atom stereocenters. The first kappa shape index (κ1) is 14.1. The predicted molar refractivity (Wildman–Crippen MR) is 74.1 cm³/mol. The Labute approximate surface area is 120 Å². The molecule has 1 N–H and O–H groups in total. The molecule has 7 heteroatoms. The lowest BCUT2D eigenvalue weighted by Crippen LogP contribution is -2.09. The molecule has 0 radical (unpaired) electrons. The minimum atomic E-state index is -0.420. The van der Waals surface area contributed by atoms with Crippen LogP contribution in [0.15, 0.2) is 12.4 Å². The first-order valence-electron chi connectivity index (χ1n) is 5.77. The van der Waals surface area contributed by atoms with Crippen LogP contribution in [0.2, 0.25) is 10.2 Å². The van der Waals surface area contributed by atoms with Gasteiger partial charge in [-0.05, 0) is 12.5 Å². The topological polar surface area (TPSA) is 42.7 Å². The van der Waals surface area contributed by atoms with Crippen molar-refractivity contribution < 1.29 is 4.39 Å². The van der Waals surface area contributed by atoms with E-state index in [0.29, 0.717) is 28.8 Å². The van der Waals surface area contributed by atoms with Gasteiger partial charge in [0.1, 0.15) is 11.5 Å². The normalized spacial score (nSPS) is 10.8. The average Bonchev–Trinajstić information content (AvgIpc) is 2.65. The summed E-state index contributed by atoms with van der Waals surface area (Å²) in [7, 11) is 1.79. The van der Waals surface area contributed by atoms with Crippen LogP contribution in [0.1, 0.15) is 18.3 Å². The highest BCUT2D eigenvalue weighted by Gasteiger charge is 2.12. The molecule has 0 aliphatic carbocycles. The van der Waals surface area contributed by atoms with Crippen molar-refractivity contribution in [2.45, 2.75) is 19.9 Å². The number of hydrogen-bond acceptors (Lipinski definition) is 3. The van der Waals surface area contributed by atoms with E-state index in [1.165, 1.54) is 6.33 Å². The lowest BCUT2D eigenvalue weighted by molar-refractivity contribution is 0.596. The zero-order chi connectivity index (χ0) is 14.0. The Hall–Kier alpha value is -1.33. The van der Waals surface area contributed by atoms with E-state index in [0.717, 1.165) is 5.69 Å². The van der Waals surface area contributed by atoms with E-state index in [-0.39, 0.29) is 5.82 Å². The molecule has 2 aromatic rings. The van der Waals surface area contributed by atoms with Crippen molar-refractivity contribution in [1.29, 1.82) is 0 Å². The SMILES string of the molecule is CCc1ncnc(NCc2cc(Cl)c(Cl)n2C)c1F. The molecule has 19 heavy (non-hydrogen) atoms. The molecule has 0 unspecified atom stereocenters. The Morgan fingerprint density at radius 1 is 1.37 bits per heavy atom. The van der Waals surface area contributed by atoms with Crippen LogP contribution >= 0.6 is 23.2 Å². The molecule has 102 valence electrons. The van der Waals surface area contributed by atoms with Crippen LogP contribution in [-0.2, 0) is 20.0 Å². The second-order valence-corrected chi connectivity index (χ2v) is 4.79. The van der Waals surface area contributed by atoms with Gasteiger partial charge in [0, 0.05) is 12.7 Å². The number of nitrogens with zero attached hydrogens (tertiary/aromatic N) is 3. The fraction of sp³-hybridized carbons (Fsp3) is 0.333. The number of halogens is 3. The van der Waals surface area contributed by atoms with Crippen molar-refractivity contribution in [3.05, 3.63) is 39.8 Å². The smallest absolute Gasteiger partial charge is 0.186 e. The molecule has 0 amide bonds. The van der Waals surface area contributed by atoms with E-state index < -0.39 is 5.82 Å². The lowest BCUT2D eigenvalue weighted by Gasteiger charge is -2.09. The van der Waals surface area contributed by atoms with Crippen molar-refractivity contribution >= 4 is 29.0 Å². The number of anilines is 1. The molecule has 0 fully saturated rings. The van der Waals surface area contributed by atoms with Crippen LogP contribution in [0.25, 0.3) is 0 Å². The minimum absolute atomic E-state index is 0.181. The highest BCUT2D eigenvalue weighted by atomic mass is 35.5. The third kappa shape index (κ3) is 2.82. The second kappa shape index (κ2) is 5.75. The molecule has 0 saturated heterocycles. The van der Waals surface area contributed by atoms with Gasteiger partial charge >= 0.3 is 0 Å². The maximum atomic E-state index is 13.9. The fourth-order valence-electron chi connectivity index (χ4n) is 1.71. The Morgan fingerprint density at radius 3 is 2.68 bits per heavy atom. The third-order valence-electron chi connectivity index (χ3n) is 2.85. The fourth-order valence-corrected chi connectivity index (χ4v) is 2.12. The van der Waals surface area contributed by atoms with E-state index in [4.69, 9.17) is 23.2 Å². The van der Waals surface area contributed by atoms with Gasteiger partial charge in [0.25, 0.3) is 0 Å². The van der Waals surface area contributed by atoms with Gasteiger partial charge in [0.15, 0.2) is 11.6 Å². The maximum absolute atomic E-state index is 13.9. The summed E-state index contributed by atoms with van der Waals surface area (Å²) in [6.07, 6.45) is 1.86. The summed E-state index contributed by atoms with van der Waals surface area (Å²) in [6, 6.07) is 1.73. The first-order valence-corrected chi connectivity index (χ1v) is 6.53. The molecule has 2 heterocycles. The van der Waals surface area contributed by atoms with Gasteiger partial charge in [-0.1, -0.05) is 30.1 Å². The largest absolute Gasteiger partial charge is 0.362 e. The van der Waals surface area contributed by atoms with Gasteiger partial charge in [0.2, 0.25) is 0 Å². The number of aryl methyl sites for hydroxylation is 1. The molecular weight excluding hydrogens is 290 g/mol. The van der Waals surface area contributed by atoms with Crippen LogP contribution in [0, 0.1) is 5.82 Å². The molecule has 0 aliphatic rings. The zero-order valence-corrected chi connectivity index (χ0v) is 12.1. The van der Waals surface area contributed by atoms with Gasteiger partial charge in [-0.15, -0.1) is 0 Å². The van der Waals surface area contributed by atoms with Gasteiger partial charge in [-0.25, -0.2) is 14.4 Å². The van der Waals surface area contributed by atoms with E-state index in [2.05, 4.69) is 15.3 Å². The van der Waals surface area contributed by atoms with Gasteiger partial charge in [-0.2, -0.15) is 0 Å². The quantitative estimate of drug-likeness (QED) is 0.941. The second-order valence-electron chi connectivity index (χ2n) is 4.02. The molecule has 2 aromatic heterocycles. The Balaban J connectivity index is 2.17. The third-order valence-corrected chi connectivity index (χ3v) is 3.69. The summed E-state index contributed by atoms with van der Waals surface area (Å²) in [5.41, 5.74) is 1.23. The van der Waals surface area contributed by atoms with Crippen LogP contribution in [0.5, 0.6) is 0 Å². The Kier molecular flexibility index (Phi) is 4.27. The monoisotopic (exact) mass is 302 g/mol. The van der Waals surface area contributed by atoms with E-state index in [1.807, 2.05) is 6.92 Å². The average molecular weight is 303 g/mol. The molecule has 0 spiro atoms. The van der Waals surface area contributed by atoms with Crippen molar-refractivity contribution in [2.75, 3.05) is 5.32 Å². The summed E-state index contributed by atoms with van der Waals surface area (Å²) < 4.78 is 15.6. The minimum Gasteiger partial charge on any atom is -0.362 e. The summed E-state index contributed by atoms with van der Waals surface area (Å²) in [5.74, 6) is -0.239. The highest BCUT2D eigenvalue weighted by molar-refractivity contribution is 6.41. The number of aromatic nitrogens is 3. The molecule has 0 saturated carbocycles. The first-order chi connectivity index (χ1) is 9.04. The van der Waals surface area contributed by atoms with Crippen molar-refractivity contribution in [3.8, 4) is 0 Å². The van der Waals surface area contributed by atoms with Gasteiger partial charge in [-0.3, -0.25) is 0 Å². The van der Waals surface area contributed by atoms with E-state index in [9.17, 15) is 4.39 Å². The standard InChI is InChI=1S/C12H13Cl2FN4/c1-3-9-10(15)12(18-6-17-9)16-5-7-4-8(13)11(14)19(7)2/h4,6H,3,5H2,1-2H3,(H,16,17,18). The van der Waals surface area contributed by atoms with E-state index in [1.54, 1.807) is 17.7 Å². The lowest BCUT2D eigenvalue weighted by atomic mass is 10.3. The van der Waals surface area contributed by atoms with E-state index >= 15 is 0 Å². The zero-order valence-electron chi connectivity index (χ0n) is 10.5. The molecule has 0 aromatic carbocycles. The summed E-state index contributed by atoms with van der Waals surface area (Å²) in [4.78, 5) is 7.76. The van der Waals surface area contributed by atoms with Gasteiger partial charge in [0.05, 0.1) is 17.3 Å².